The Bertz CT molecular complexity index is 949. The smallest absolute Gasteiger partial charge is 0.227 e. The molecule has 0 aliphatic carbocycles. The molecule has 0 bridgehead atoms. The van der Waals surface area contributed by atoms with Crippen molar-refractivity contribution in [1.82, 2.24) is 14.9 Å². The predicted molar refractivity (Wildman–Crippen MR) is 92.0 cm³/mol. The molecule has 2 aromatic heterocycles. The molecule has 3 heterocycles. The lowest BCUT2D eigenvalue weighted by atomic mass is 10.1. The number of nitrogens with one attached hydrogen (secondary N) is 1. The maximum atomic E-state index is 12.4. The Kier molecular flexibility index (Phi) is 3.82. The standard InChI is InChI=1S/C19H16N4O2/c20-9-13-3-5-15(6-4-13)25-16-11-23(12-16)18(24)8-14-10-22-19-17(14)2-1-7-21-19/h1-7,10,16H,8,11-12H2,(H,21,22). The van der Waals surface area contributed by atoms with Crippen LogP contribution in [0.15, 0.2) is 48.8 Å². The molecule has 0 spiro atoms. The Balaban J connectivity index is 1.32. The Morgan fingerprint density at radius 3 is 2.88 bits per heavy atom. The van der Waals surface area contributed by atoms with E-state index < -0.39 is 0 Å². The lowest BCUT2D eigenvalue weighted by molar-refractivity contribution is -0.139. The number of benzene rings is 1. The second-order valence-electron chi connectivity index (χ2n) is 6.07. The average Bonchev–Trinajstić information content (AvgIpc) is 3.01. The van der Waals surface area contributed by atoms with Gasteiger partial charge >= 0.3 is 0 Å². The normalized spacial score (nSPS) is 14.1. The molecule has 1 saturated heterocycles. The summed E-state index contributed by atoms with van der Waals surface area (Å²) in [5.74, 6) is 0.809. The van der Waals surface area contributed by atoms with Crippen LogP contribution in [0.5, 0.6) is 5.75 Å². The Morgan fingerprint density at radius 1 is 1.32 bits per heavy atom. The minimum atomic E-state index is 0.00141. The van der Waals surface area contributed by atoms with Crippen molar-refractivity contribution >= 4 is 16.9 Å². The van der Waals surface area contributed by atoms with Gasteiger partial charge in [-0.25, -0.2) is 4.98 Å². The molecule has 1 aliphatic heterocycles. The van der Waals surface area contributed by atoms with Crippen LogP contribution in [0.4, 0.5) is 0 Å². The fraction of sp³-hybridized carbons (Fsp3) is 0.211. The number of nitrogens with zero attached hydrogens (tertiary/aromatic N) is 3. The molecule has 6 heteroatoms. The summed E-state index contributed by atoms with van der Waals surface area (Å²) in [7, 11) is 0. The zero-order chi connectivity index (χ0) is 17.2. The lowest BCUT2D eigenvalue weighted by Gasteiger charge is -2.39. The van der Waals surface area contributed by atoms with Gasteiger partial charge in [0, 0.05) is 17.8 Å². The summed E-state index contributed by atoms with van der Waals surface area (Å²) in [6.07, 6.45) is 3.93. The van der Waals surface area contributed by atoms with Gasteiger partial charge in [-0.1, -0.05) is 0 Å². The fourth-order valence-corrected chi connectivity index (χ4v) is 2.95. The molecule has 0 radical (unpaired) electrons. The van der Waals surface area contributed by atoms with Crippen LogP contribution in [-0.2, 0) is 11.2 Å². The molecule has 1 amide bonds. The van der Waals surface area contributed by atoms with Crippen LogP contribution in [0.3, 0.4) is 0 Å². The number of carbonyl (C=O) groups excluding carboxylic acids is 1. The molecule has 1 fully saturated rings. The van der Waals surface area contributed by atoms with Gasteiger partial charge in [0.15, 0.2) is 0 Å². The number of amides is 1. The lowest BCUT2D eigenvalue weighted by Crippen LogP contribution is -2.56. The maximum Gasteiger partial charge on any atom is 0.227 e. The van der Waals surface area contributed by atoms with Crippen molar-refractivity contribution in [3.05, 3.63) is 59.9 Å². The van der Waals surface area contributed by atoms with E-state index in [1.807, 2.05) is 18.3 Å². The first-order valence-corrected chi connectivity index (χ1v) is 8.08. The highest BCUT2D eigenvalue weighted by Gasteiger charge is 2.32. The van der Waals surface area contributed by atoms with Gasteiger partial charge in [-0.15, -0.1) is 0 Å². The number of pyridine rings is 1. The molecule has 0 atom stereocenters. The van der Waals surface area contributed by atoms with Crippen LogP contribution in [0, 0.1) is 11.3 Å². The Hall–Kier alpha value is -3.33. The third kappa shape index (κ3) is 3.04. The number of likely N-dealkylation sites (tertiary alicyclic amines) is 1. The highest BCUT2D eigenvalue weighted by atomic mass is 16.5. The molecule has 25 heavy (non-hydrogen) atoms. The van der Waals surface area contributed by atoms with E-state index in [4.69, 9.17) is 10.00 Å². The molecule has 4 rings (SSSR count). The Morgan fingerprint density at radius 2 is 2.12 bits per heavy atom. The molecular formula is C19H16N4O2. The topological polar surface area (TPSA) is 82.0 Å². The SMILES string of the molecule is N#Cc1ccc(OC2CN(C(=O)Cc3c[nH]c4ncccc34)C2)cc1. The number of H-pyrrole nitrogens is 1. The van der Waals surface area contributed by atoms with Crippen molar-refractivity contribution in [3.8, 4) is 11.8 Å². The van der Waals surface area contributed by atoms with Gasteiger partial charge in [0.2, 0.25) is 5.91 Å². The molecule has 1 aliphatic rings. The van der Waals surface area contributed by atoms with E-state index in [0.717, 1.165) is 22.3 Å². The van der Waals surface area contributed by atoms with Gasteiger partial charge in [0.1, 0.15) is 17.5 Å². The zero-order valence-corrected chi connectivity index (χ0v) is 13.5. The van der Waals surface area contributed by atoms with Crippen LogP contribution in [0.1, 0.15) is 11.1 Å². The number of rotatable bonds is 4. The van der Waals surface area contributed by atoms with E-state index in [0.29, 0.717) is 25.1 Å². The van der Waals surface area contributed by atoms with Crippen LogP contribution in [0.25, 0.3) is 11.0 Å². The fourth-order valence-electron chi connectivity index (χ4n) is 2.95. The van der Waals surface area contributed by atoms with Crippen LogP contribution >= 0.6 is 0 Å². The second kappa shape index (κ2) is 6.29. The highest BCUT2D eigenvalue weighted by molar-refractivity contribution is 5.87. The van der Waals surface area contributed by atoms with Crippen molar-refractivity contribution in [2.75, 3.05) is 13.1 Å². The highest BCUT2D eigenvalue weighted by Crippen LogP contribution is 2.21. The van der Waals surface area contributed by atoms with Gasteiger partial charge < -0.3 is 14.6 Å². The molecule has 6 nitrogen and oxygen atoms in total. The van der Waals surface area contributed by atoms with Crippen LogP contribution in [-0.4, -0.2) is 40.0 Å². The number of nitriles is 1. The number of hydrogen-bond acceptors (Lipinski definition) is 4. The van der Waals surface area contributed by atoms with E-state index in [9.17, 15) is 4.79 Å². The first kappa shape index (κ1) is 15.2. The largest absolute Gasteiger partial charge is 0.487 e. The summed E-state index contributed by atoms with van der Waals surface area (Å²) in [5, 5.41) is 9.78. The Labute approximate surface area is 144 Å². The molecular weight excluding hydrogens is 316 g/mol. The minimum Gasteiger partial charge on any atom is -0.487 e. The number of ether oxygens (including phenoxy) is 1. The van der Waals surface area contributed by atoms with Gasteiger partial charge in [-0.2, -0.15) is 5.26 Å². The second-order valence-corrected chi connectivity index (χ2v) is 6.07. The van der Waals surface area contributed by atoms with E-state index >= 15 is 0 Å². The molecule has 0 unspecified atom stereocenters. The van der Waals surface area contributed by atoms with E-state index in [1.54, 1.807) is 35.4 Å². The summed E-state index contributed by atoms with van der Waals surface area (Å²) in [6, 6.07) is 12.9. The number of fused-ring (bicyclic) bond motifs is 1. The molecule has 0 saturated carbocycles. The van der Waals surface area contributed by atoms with Crippen LogP contribution in [0.2, 0.25) is 0 Å². The third-order valence-corrected chi connectivity index (χ3v) is 4.37. The van der Waals surface area contributed by atoms with E-state index in [1.165, 1.54) is 0 Å². The van der Waals surface area contributed by atoms with Crippen LogP contribution < -0.4 is 4.74 Å². The van der Waals surface area contributed by atoms with Gasteiger partial charge in [-0.05, 0) is 42.0 Å². The number of aromatic nitrogens is 2. The summed E-state index contributed by atoms with van der Waals surface area (Å²) in [4.78, 5) is 21.5. The first-order chi connectivity index (χ1) is 12.2. The summed E-state index contributed by atoms with van der Waals surface area (Å²) < 4.78 is 5.82. The molecule has 3 aromatic rings. The quantitative estimate of drug-likeness (QED) is 0.794. The molecule has 124 valence electrons. The predicted octanol–water partition coefficient (Wildman–Crippen LogP) is 2.27. The monoisotopic (exact) mass is 332 g/mol. The average molecular weight is 332 g/mol. The molecule has 1 N–H and O–H groups in total. The first-order valence-electron chi connectivity index (χ1n) is 8.08. The van der Waals surface area contributed by atoms with Crippen molar-refractivity contribution in [3.63, 3.8) is 0 Å². The van der Waals surface area contributed by atoms with E-state index in [-0.39, 0.29) is 12.0 Å². The van der Waals surface area contributed by atoms with Gasteiger partial charge in [0.05, 0.1) is 31.1 Å². The zero-order valence-electron chi connectivity index (χ0n) is 13.5. The van der Waals surface area contributed by atoms with Crippen molar-refractivity contribution in [2.24, 2.45) is 0 Å². The number of hydrogen-bond donors (Lipinski definition) is 1. The molecule has 1 aromatic carbocycles. The third-order valence-electron chi connectivity index (χ3n) is 4.37. The number of aromatic amines is 1. The van der Waals surface area contributed by atoms with Crippen molar-refractivity contribution in [1.29, 1.82) is 5.26 Å². The number of carbonyl (C=O) groups is 1. The summed E-state index contributed by atoms with van der Waals surface area (Å²) >= 11 is 0. The summed E-state index contributed by atoms with van der Waals surface area (Å²) in [5.41, 5.74) is 2.37. The van der Waals surface area contributed by atoms with Gasteiger partial charge in [0.25, 0.3) is 0 Å². The van der Waals surface area contributed by atoms with Crippen molar-refractivity contribution < 1.29 is 9.53 Å². The maximum absolute atomic E-state index is 12.4. The van der Waals surface area contributed by atoms with E-state index in [2.05, 4.69) is 16.0 Å². The minimum absolute atomic E-state index is 0.00141. The summed E-state index contributed by atoms with van der Waals surface area (Å²) in [6.45, 7) is 1.17. The van der Waals surface area contributed by atoms with Gasteiger partial charge in [-0.3, -0.25) is 4.79 Å². The van der Waals surface area contributed by atoms with Crippen molar-refractivity contribution in [2.45, 2.75) is 12.5 Å².